The molecular formula is C10H18N2O6. The molecule has 18 heavy (non-hydrogen) atoms. The summed E-state index contributed by atoms with van der Waals surface area (Å²) in [6.45, 7) is 1.68. The average molecular weight is 262 g/mol. The van der Waals surface area contributed by atoms with Gasteiger partial charge in [-0.05, 0) is 13.8 Å². The molecule has 0 radical (unpaired) electrons. The van der Waals surface area contributed by atoms with Gasteiger partial charge in [-0.1, -0.05) is 0 Å². The van der Waals surface area contributed by atoms with E-state index in [1.807, 2.05) is 0 Å². The number of amides is 1. The van der Waals surface area contributed by atoms with Crippen LogP contribution in [0.4, 0.5) is 0 Å². The van der Waals surface area contributed by atoms with Gasteiger partial charge in [0.25, 0.3) is 0 Å². The zero-order valence-corrected chi connectivity index (χ0v) is 10.6. The van der Waals surface area contributed by atoms with Gasteiger partial charge in [0.1, 0.15) is 6.54 Å². The Morgan fingerprint density at radius 2 is 1.94 bits per heavy atom. The van der Waals surface area contributed by atoms with Crippen LogP contribution in [0, 0.1) is 0 Å². The maximum absolute atomic E-state index is 11.5. The lowest BCUT2D eigenvalue weighted by Crippen LogP contribution is -2.58. The Hall–Kier alpha value is -1.67. The van der Waals surface area contributed by atoms with Crippen molar-refractivity contribution in [2.75, 3.05) is 26.8 Å². The number of aliphatic hydroxyl groups is 1. The van der Waals surface area contributed by atoms with E-state index in [1.165, 1.54) is 0 Å². The van der Waals surface area contributed by atoms with Crippen LogP contribution in [0.2, 0.25) is 0 Å². The first kappa shape index (κ1) is 16.3. The number of esters is 2. The van der Waals surface area contributed by atoms with E-state index in [9.17, 15) is 19.5 Å². The van der Waals surface area contributed by atoms with Crippen LogP contribution in [-0.2, 0) is 23.9 Å². The standard InChI is InChI=1S/C10H18N2O6/c1-4-18-8(14)6-12(7(13)5-11)10(2,16)9(15)17-3/h16H,4-6,11H2,1-3H3. The van der Waals surface area contributed by atoms with E-state index in [1.54, 1.807) is 6.92 Å². The molecule has 0 fully saturated rings. The highest BCUT2D eigenvalue weighted by molar-refractivity contribution is 5.89. The molecule has 0 aliphatic rings. The van der Waals surface area contributed by atoms with Gasteiger partial charge in [-0.25, -0.2) is 4.79 Å². The molecule has 0 heterocycles. The van der Waals surface area contributed by atoms with E-state index >= 15 is 0 Å². The molecule has 1 amide bonds. The molecule has 0 aromatic carbocycles. The lowest BCUT2D eigenvalue weighted by Gasteiger charge is -2.33. The molecule has 0 saturated carbocycles. The van der Waals surface area contributed by atoms with Crippen LogP contribution >= 0.6 is 0 Å². The summed E-state index contributed by atoms with van der Waals surface area (Å²) in [5.74, 6) is -2.62. The van der Waals surface area contributed by atoms with Crippen molar-refractivity contribution in [3.63, 3.8) is 0 Å². The van der Waals surface area contributed by atoms with Crippen LogP contribution in [0.25, 0.3) is 0 Å². The average Bonchev–Trinajstić information content (AvgIpc) is 2.34. The van der Waals surface area contributed by atoms with Gasteiger partial charge in [-0.3, -0.25) is 14.5 Å². The monoisotopic (exact) mass is 262 g/mol. The van der Waals surface area contributed by atoms with Gasteiger partial charge in [-0.15, -0.1) is 0 Å². The fraction of sp³-hybridized carbons (Fsp3) is 0.700. The third-order valence-corrected chi connectivity index (χ3v) is 2.17. The van der Waals surface area contributed by atoms with E-state index in [0.717, 1.165) is 14.0 Å². The van der Waals surface area contributed by atoms with Gasteiger partial charge in [0.15, 0.2) is 0 Å². The zero-order valence-electron chi connectivity index (χ0n) is 10.6. The molecule has 0 aromatic rings. The van der Waals surface area contributed by atoms with E-state index in [-0.39, 0.29) is 6.61 Å². The SMILES string of the molecule is CCOC(=O)CN(C(=O)CN)C(C)(O)C(=O)OC. The normalized spacial score (nSPS) is 13.4. The number of nitrogens with two attached hydrogens (primary N) is 1. The Labute approximate surface area is 105 Å². The van der Waals surface area contributed by atoms with Crippen molar-refractivity contribution in [1.29, 1.82) is 0 Å². The smallest absolute Gasteiger partial charge is 0.359 e. The number of hydrogen-bond acceptors (Lipinski definition) is 7. The lowest BCUT2D eigenvalue weighted by molar-refractivity contribution is -0.190. The van der Waals surface area contributed by atoms with E-state index in [2.05, 4.69) is 9.47 Å². The van der Waals surface area contributed by atoms with Crippen molar-refractivity contribution in [2.24, 2.45) is 5.73 Å². The molecule has 1 unspecified atom stereocenters. The van der Waals surface area contributed by atoms with Crippen LogP contribution in [0.1, 0.15) is 13.8 Å². The van der Waals surface area contributed by atoms with Crippen LogP contribution in [0.15, 0.2) is 0 Å². The third-order valence-electron chi connectivity index (χ3n) is 2.17. The molecular weight excluding hydrogens is 244 g/mol. The molecule has 0 bridgehead atoms. The predicted molar refractivity (Wildman–Crippen MR) is 60.0 cm³/mol. The number of methoxy groups -OCH3 is 1. The molecule has 3 N–H and O–H groups in total. The molecule has 0 aliphatic carbocycles. The van der Waals surface area contributed by atoms with Gasteiger partial charge in [0.05, 0.1) is 20.3 Å². The second-order valence-corrected chi connectivity index (χ2v) is 3.50. The number of nitrogens with zero attached hydrogens (tertiary/aromatic N) is 1. The minimum absolute atomic E-state index is 0.115. The highest BCUT2D eigenvalue weighted by Crippen LogP contribution is 2.13. The fourth-order valence-corrected chi connectivity index (χ4v) is 1.23. The number of rotatable bonds is 6. The molecule has 104 valence electrons. The first-order valence-electron chi connectivity index (χ1n) is 5.28. The van der Waals surface area contributed by atoms with E-state index < -0.39 is 36.7 Å². The van der Waals surface area contributed by atoms with E-state index in [4.69, 9.17) is 5.73 Å². The molecule has 0 spiro atoms. The fourth-order valence-electron chi connectivity index (χ4n) is 1.23. The minimum atomic E-state index is -2.28. The van der Waals surface area contributed by atoms with Gasteiger partial charge in [0.2, 0.25) is 11.6 Å². The van der Waals surface area contributed by atoms with Gasteiger partial charge >= 0.3 is 11.9 Å². The third kappa shape index (κ3) is 3.97. The molecule has 8 nitrogen and oxygen atoms in total. The van der Waals surface area contributed by atoms with Crippen molar-refractivity contribution in [1.82, 2.24) is 4.90 Å². The Bertz CT molecular complexity index is 328. The zero-order chi connectivity index (χ0) is 14.3. The molecule has 0 aliphatic heterocycles. The van der Waals surface area contributed by atoms with Crippen molar-refractivity contribution in [3.05, 3.63) is 0 Å². The Morgan fingerprint density at radius 1 is 1.39 bits per heavy atom. The quantitative estimate of drug-likeness (QED) is 0.429. The first-order valence-corrected chi connectivity index (χ1v) is 5.28. The largest absolute Gasteiger partial charge is 0.465 e. The summed E-state index contributed by atoms with van der Waals surface area (Å²) in [7, 11) is 1.05. The molecule has 0 saturated heterocycles. The molecule has 8 heteroatoms. The highest BCUT2D eigenvalue weighted by Gasteiger charge is 2.42. The lowest BCUT2D eigenvalue weighted by atomic mass is 10.2. The number of carbonyl (C=O) groups excluding carboxylic acids is 3. The molecule has 0 aromatic heterocycles. The maximum atomic E-state index is 11.5. The van der Waals surface area contributed by atoms with Gasteiger partial charge in [0, 0.05) is 0 Å². The number of ether oxygens (including phenoxy) is 2. The topological polar surface area (TPSA) is 119 Å². The van der Waals surface area contributed by atoms with Crippen LogP contribution in [0.3, 0.4) is 0 Å². The van der Waals surface area contributed by atoms with Crippen molar-refractivity contribution in [3.8, 4) is 0 Å². The van der Waals surface area contributed by atoms with Crippen LogP contribution < -0.4 is 5.73 Å². The van der Waals surface area contributed by atoms with Gasteiger partial charge in [-0.2, -0.15) is 0 Å². The minimum Gasteiger partial charge on any atom is -0.465 e. The second kappa shape index (κ2) is 6.92. The summed E-state index contributed by atoms with van der Waals surface area (Å²) in [5, 5.41) is 9.93. The predicted octanol–water partition coefficient (Wildman–Crippen LogP) is -1.78. The molecule has 0 rings (SSSR count). The van der Waals surface area contributed by atoms with Crippen molar-refractivity contribution in [2.45, 2.75) is 19.6 Å². The Balaban J connectivity index is 5.05. The summed E-state index contributed by atoms with van der Waals surface area (Å²) in [6, 6.07) is 0. The Morgan fingerprint density at radius 3 is 2.33 bits per heavy atom. The highest BCUT2D eigenvalue weighted by atomic mass is 16.5. The van der Waals surface area contributed by atoms with Crippen LogP contribution in [-0.4, -0.2) is 60.4 Å². The summed E-state index contributed by atoms with van der Waals surface area (Å²) in [4.78, 5) is 34.8. The maximum Gasteiger partial charge on any atom is 0.359 e. The van der Waals surface area contributed by atoms with E-state index in [0.29, 0.717) is 4.90 Å². The summed E-state index contributed by atoms with van der Waals surface area (Å²) >= 11 is 0. The van der Waals surface area contributed by atoms with Crippen molar-refractivity contribution < 1.29 is 29.0 Å². The number of carbonyl (C=O) groups is 3. The number of hydrogen-bond donors (Lipinski definition) is 2. The second-order valence-electron chi connectivity index (χ2n) is 3.50. The van der Waals surface area contributed by atoms with Crippen LogP contribution in [0.5, 0.6) is 0 Å². The first-order chi connectivity index (χ1) is 8.31. The van der Waals surface area contributed by atoms with Crippen molar-refractivity contribution >= 4 is 17.8 Å². The molecule has 1 atom stereocenters. The summed E-state index contributed by atoms with van der Waals surface area (Å²) in [5.41, 5.74) is 2.87. The van der Waals surface area contributed by atoms with Gasteiger partial charge < -0.3 is 20.3 Å². The Kier molecular flexibility index (Phi) is 6.28. The summed E-state index contributed by atoms with van der Waals surface area (Å²) < 4.78 is 9.00. The summed E-state index contributed by atoms with van der Waals surface area (Å²) in [6.07, 6.45) is 0.